The molecule has 1 aliphatic heterocycles. The van der Waals surface area contributed by atoms with Gasteiger partial charge < -0.3 is 10.1 Å². The van der Waals surface area contributed by atoms with E-state index in [-0.39, 0.29) is 11.4 Å². The lowest BCUT2D eigenvalue weighted by atomic mass is 10.2. The molecule has 0 spiro atoms. The third-order valence-electron chi connectivity index (χ3n) is 4.35. The molecule has 1 heterocycles. The minimum atomic E-state index is -0.505. The van der Waals surface area contributed by atoms with Crippen molar-refractivity contribution in [2.75, 3.05) is 18.5 Å². The molecular formula is C22H20BrClN2O4S. The molecule has 3 rings (SSSR count). The van der Waals surface area contributed by atoms with Crippen molar-refractivity contribution in [1.82, 2.24) is 4.90 Å². The highest BCUT2D eigenvalue weighted by atomic mass is 79.9. The standard InChI is InChI=1S/C22H20BrClN2O4S/c1-3-8-30-18-7-5-14(9-16(18)23)10-19-21(28)26(22(29)31-19)12-20(27)25-15-6-4-13(2)17(24)11-15/h4-7,9-11H,3,8,12H2,1-2H3,(H,25,27)/b19-10-. The maximum absolute atomic E-state index is 12.7. The summed E-state index contributed by atoms with van der Waals surface area (Å²) in [5.41, 5.74) is 2.12. The van der Waals surface area contributed by atoms with Crippen LogP contribution in [0.15, 0.2) is 45.8 Å². The number of carbonyl (C=O) groups excluding carboxylic acids is 3. The molecule has 6 nitrogen and oxygen atoms in total. The molecule has 0 atom stereocenters. The van der Waals surface area contributed by atoms with Crippen LogP contribution in [0.3, 0.4) is 0 Å². The fraction of sp³-hybridized carbons (Fsp3) is 0.227. The third kappa shape index (κ3) is 5.90. The number of rotatable bonds is 7. The Kier molecular flexibility index (Phi) is 7.80. The van der Waals surface area contributed by atoms with E-state index in [9.17, 15) is 14.4 Å². The first kappa shape index (κ1) is 23.4. The largest absolute Gasteiger partial charge is 0.492 e. The van der Waals surface area contributed by atoms with Crippen molar-refractivity contribution in [3.05, 3.63) is 61.9 Å². The molecule has 31 heavy (non-hydrogen) atoms. The Hall–Kier alpha value is -2.29. The molecule has 1 N–H and O–H groups in total. The summed E-state index contributed by atoms with van der Waals surface area (Å²) < 4.78 is 6.37. The quantitative estimate of drug-likeness (QED) is 0.459. The van der Waals surface area contributed by atoms with Gasteiger partial charge in [-0.25, -0.2) is 0 Å². The van der Waals surface area contributed by atoms with Gasteiger partial charge in [0.25, 0.3) is 11.1 Å². The number of benzene rings is 2. The lowest BCUT2D eigenvalue weighted by molar-refractivity contribution is -0.127. The van der Waals surface area contributed by atoms with Crippen molar-refractivity contribution in [2.24, 2.45) is 0 Å². The minimum Gasteiger partial charge on any atom is -0.492 e. The monoisotopic (exact) mass is 522 g/mol. The van der Waals surface area contributed by atoms with Crippen LogP contribution in [0.5, 0.6) is 5.75 Å². The molecule has 0 aromatic heterocycles. The molecule has 2 aromatic carbocycles. The lowest BCUT2D eigenvalue weighted by Crippen LogP contribution is -2.36. The summed E-state index contributed by atoms with van der Waals surface area (Å²) in [4.78, 5) is 38.5. The van der Waals surface area contributed by atoms with Gasteiger partial charge in [-0.1, -0.05) is 30.7 Å². The van der Waals surface area contributed by atoms with Crippen molar-refractivity contribution in [3.63, 3.8) is 0 Å². The van der Waals surface area contributed by atoms with Gasteiger partial charge in [0.15, 0.2) is 0 Å². The zero-order valence-electron chi connectivity index (χ0n) is 16.9. The Balaban J connectivity index is 1.68. The maximum Gasteiger partial charge on any atom is 0.294 e. The Morgan fingerprint density at radius 3 is 2.71 bits per heavy atom. The molecule has 0 saturated carbocycles. The average Bonchev–Trinajstić information content (AvgIpc) is 2.97. The number of nitrogens with one attached hydrogen (secondary N) is 1. The van der Waals surface area contributed by atoms with Crippen molar-refractivity contribution < 1.29 is 19.1 Å². The highest BCUT2D eigenvalue weighted by molar-refractivity contribution is 9.10. The van der Waals surface area contributed by atoms with Crippen LogP contribution in [0.2, 0.25) is 5.02 Å². The molecule has 1 saturated heterocycles. The number of imide groups is 1. The molecule has 1 aliphatic rings. The van der Waals surface area contributed by atoms with E-state index >= 15 is 0 Å². The van der Waals surface area contributed by atoms with Gasteiger partial charge in [0, 0.05) is 10.7 Å². The van der Waals surface area contributed by atoms with Gasteiger partial charge in [0.2, 0.25) is 5.91 Å². The number of hydrogen-bond acceptors (Lipinski definition) is 5. The molecule has 9 heteroatoms. The fourth-order valence-corrected chi connectivity index (χ4v) is 4.27. The summed E-state index contributed by atoms with van der Waals surface area (Å²) in [6.07, 6.45) is 2.52. The van der Waals surface area contributed by atoms with Crippen LogP contribution in [0.1, 0.15) is 24.5 Å². The van der Waals surface area contributed by atoms with Crippen LogP contribution >= 0.6 is 39.3 Å². The summed E-state index contributed by atoms with van der Waals surface area (Å²) in [7, 11) is 0. The average molecular weight is 524 g/mol. The molecule has 0 aliphatic carbocycles. The number of amides is 3. The maximum atomic E-state index is 12.7. The van der Waals surface area contributed by atoms with Crippen LogP contribution in [-0.4, -0.2) is 35.1 Å². The van der Waals surface area contributed by atoms with Gasteiger partial charge in [-0.3, -0.25) is 19.3 Å². The van der Waals surface area contributed by atoms with Crippen LogP contribution in [0.25, 0.3) is 6.08 Å². The lowest BCUT2D eigenvalue weighted by Gasteiger charge is -2.13. The van der Waals surface area contributed by atoms with Gasteiger partial charge in [-0.15, -0.1) is 0 Å². The topological polar surface area (TPSA) is 75.7 Å². The summed E-state index contributed by atoms with van der Waals surface area (Å²) in [6, 6.07) is 10.5. The SMILES string of the molecule is CCCOc1ccc(/C=C2\SC(=O)N(CC(=O)Nc3ccc(C)c(Cl)c3)C2=O)cc1Br. The van der Waals surface area contributed by atoms with E-state index in [0.29, 0.717) is 23.1 Å². The summed E-state index contributed by atoms with van der Waals surface area (Å²) in [6.45, 7) is 4.11. The van der Waals surface area contributed by atoms with Crippen LogP contribution in [0.4, 0.5) is 10.5 Å². The zero-order chi connectivity index (χ0) is 22.5. The van der Waals surface area contributed by atoms with Gasteiger partial charge in [-0.2, -0.15) is 0 Å². The smallest absolute Gasteiger partial charge is 0.294 e. The summed E-state index contributed by atoms with van der Waals surface area (Å²) >= 11 is 10.3. The van der Waals surface area contributed by atoms with E-state index in [1.54, 1.807) is 36.4 Å². The molecule has 0 bridgehead atoms. The van der Waals surface area contributed by atoms with Crippen molar-refractivity contribution in [1.29, 1.82) is 0 Å². The second-order valence-corrected chi connectivity index (χ2v) is 9.07. The van der Waals surface area contributed by atoms with Crippen molar-refractivity contribution in [2.45, 2.75) is 20.3 Å². The first-order chi connectivity index (χ1) is 14.8. The van der Waals surface area contributed by atoms with Gasteiger partial charge >= 0.3 is 0 Å². The highest BCUT2D eigenvalue weighted by Gasteiger charge is 2.36. The molecule has 3 amide bonds. The van der Waals surface area contributed by atoms with E-state index in [2.05, 4.69) is 21.2 Å². The molecule has 2 aromatic rings. The number of aryl methyl sites for hydroxylation is 1. The summed E-state index contributed by atoms with van der Waals surface area (Å²) in [5.74, 6) is -0.279. The molecular weight excluding hydrogens is 504 g/mol. The van der Waals surface area contributed by atoms with Crippen LogP contribution in [-0.2, 0) is 9.59 Å². The van der Waals surface area contributed by atoms with Crippen LogP contribution in [0, 0.1) is 6.92 Å². The van der Waals surface area contributed by atoms with E-state index in [1.807, 2.05) is 19.9 Å². The predicted octanol–water partition coefficient (Wildman–Crippen LogP) is 5.87. The summed E-state index contributed by atoms with van der Waals surface area (Å²) in [5, 5.41) is 2.68. The number of hydrogen-bond donors (Lipinski definition) is 1. The second-order valence-electron chi connectivity index (χ2n) is 6.82. The zero-order valence-corrected chi connectivity index (χ0v) is 20.1. The number of halogens is 2. The number of carbonyl (C=O) groups is 3. The Morgan fingerprint density at radius 2 is 2.03 bits per heavy atom. The van der Waals surface area contributed by atoms with Crippen LogP contribution < -0.4 is 10.1 Å². The first-order valence-electron chi connectivity index (χ1n) is 9.52. The number of ether oxygens (including phenoxy) is 1. The van der Waals surface area contributed by atoms with Gasteiger partial charge in [0.05, 0.1) is 16.0 Å². The second kappa shape index (κ2) is 10.3. The van der Waals surface area contributed by atoms with E-state index < -0.39 is 17.1 Å². The Bertz CT molecular complexity index is 1070. The molecule has 0 radical (unpaired) electrons. The minimum absolute atomic E-state index is 0.255. The first-order valence-corrected chi connectivity index (χ1v) is 11.5. The normalized spacial score (nSPS) is 15.0. The highest BCUT2D eigenvalue weighted by Crippen LogP contribution is 2.34. The molecule has 162 valence electrons. The van der Waals surface area contributed by atoms with Gasteiger partial charge in [0.1, 0.15) is 12.3 Å². The van der Waals surface area contributed by atoms with E-state index in [0.717, 1.165) is 38.7 Å². The number of thioether (sulfide) groups is 1. The Morgan fingerprint density at radius 1 is 1.26 bits per heavy atom. The van der Waals surface area contributed by atoms with Crippen molar-refractivity contribution >= 4 is 68.1 Å². The van der Waals surface area contributed by atoms with E-state index in [4.69, 9.17) is 16.3 Å². The van der Waals surface area contributed by atoms with Crippen molar-refractivity contribution in [3.8, 4) is 5.75 Å². The number of nitrogens with zero attached hydrogens (tertiary/aromatic N) is 1. The Labute approximate surface area is 198 Å². The predicted molar refractivity (Wildman–Crippen MR) is 127 cm³/mol. The molecule has 1 fully saturated rings. The number of anilines is 1. The third-order valence-corrected chi connectivity index (χ3v) is 6.28. The van der Waals surface area contributed by atoms with Gasteiger partial charge in [-0.05, 0) is 82.5 Å². The molecule has 0 unspecified atom stereocenters. The fourth-order valence-electron chi connectivity index (χ4n) is 2.74. The van der Waals surface area contributed by atoms with E-state index in [1.165, 1.54) is 0 Å².